The standard InChI is InChI=1S/C13H20N2Si/c1-15(2)12-9-13(16(3,4)14)11-8-6-5-7-10(11)12/h5-10H,14H2,1-4H3. The third-order valence-corrected chi connectivity index (χ3v) is 4.98. The normalized spacial score (nSPS) is 23.6. The number of hydrogen-bond donors (Lipinski definition) is 1. The van der Waals surface area contributed by atoms with Crippen molar-refractivity contribution < 1.29 is 0 Å². The van der Waals surface area contributed by atoms with Crippen LogP contribution in [0.2, 0.25) is 13.1 Å². The fourth-order valence-corrected chi connectivity index (χ4v) is 3.85. The Labute approximate surface area is 98.9 Å². The van der Waals surface area contributed by atoms with Gasteiger partial charge in [0.05, 0.1) is 0 Å². The summed E-state index contributed by atoms with van der Waals surface area (Å²) < 4.78 is 0. The molecule has 86 valence electrons. The van der Waals surface area contributed by atoms with Crippen LogP contribution >= 0.6 is 0 Å². The lowest BCUT2D eigenvalue weighted by atomic mass is 9.95. The van der Waals surface area contributed by atoms with Crippen LogP contribution in [0.25, 0.3) is 0 Å². The molecule has 0 heterocycles. The molecule has 0 amide bonds. The minimum atomic E-state index is -1.73. The molecule has 0 aromatic rings. The number of allylic oxidation sites excluding steroid dienone is 6. The first kappa shape index (κ1) is 11.4. The van der Waals surface area contributed by atoms with Crippen molar-refractivity contribution in [2.75, 3.05) is 14.1 Å². The first-order valence-electron chi connectivity index (χ1n) is 5.68. The molecule has 2 nitrogen and oxygen atoms in total. The summed E-state index contributed by atoms with van der Waals surface area (Å²) in [6, 6.07) is 0. The topological polar surface area (TPSA) is 29.3 Å². The van der Waals surface area contributed by atoms with E-state index in [4.69, 9.17) is 5.40 Å². The summed E-state index contributed by atoms with van der Waals surface area (Å²) in [5, 5.41) is 7.76. The van der Waals surface area contributed by atoms with Crippen molar-refractivity contribution in [3.63, 3.8) is 0 Å². The molecule has 0 aromatic carbocycles. The van der Waals surface area contributed by atoms with Gasteiger partial charge in [-0.15, -0.1) is 0 Å². The Morgan fingerprint density at radius 2 is 1.94 bits per heavy atom. The summed E-state index contributed by atoms with van der Waals surface area (Å²) in [5.74, 6) is 0.422. The summed E-state index contributed by atoms with van der Waals surface area (Å²) >= 11 is 0. The van der Waals surface area contributed by atoms with E-state index in [2.05, 4.69) is 62.5 Å². The van der Waals surface area contributed by atoms with Gasteiger partial charge >= 0.3 is 0 Å². The zero-order chi connectivity index (χ0) is 11.9. The predicted molar refractivity (Wildman–Crippen MR) is 72.2 cm³/mol. The van der Waals surface area contributed by atoms with Crippen LogP contribution < -0.4 is 5.40 Å². The first-order valence-corrected chi connectivity index (χ1v) is 8.76. The highest BCUT2D eigenvalue weighted by Gasteiger charge is 2.33. The van der Waals surface area contributed by atoms with Gasteiger partial charge in [-0.3, -0.25) is 0 Å². The average Bonchev–Trinajstić information content (AvgIpc) is 2.56. The summed E-state index contributed by atoms with van der Waals surface area (Å²) in [6.45, 7) is 4.40. The first-order chi connectivity index (χ1) is 7.41. The fourth-order valence-electron chi connectivity index (χ4n) is 2.34. The highest BCUT2D eigenvalue weighted by Crippen LogP contribution is 2.38. The molecule has 0 spiro atoms. The number of rotatable bonds is 2. The van der Waals surface area contributed by atoms with Gasteiger partial charge in [-0.25, -0.2) is 0 Å². The maximum Gasteiger partial charge on any atom is 0.149 e. The van der Waals surface area contributed by atoms with Gasteiger partial charge < -0.3 is 10.3 Å². The van der Waals surface area contributed by atoms with Gasteiger partial charge in [0.25, 0.3) is 0 Å². The van der Waals surface area contributed by atoms with Crippen LogP contribution in [0.15, 0.2) is 46.8 Å². The van der Waals surface area contributed by atoms with Crippen molar-refractivity contribution in [3.05, 3.63) is 46.8 Å². The molecule has 1 unspecified atom stereocenters. The number of nitrogens with zero attached hydrogens (tertiary/aromatic N) is 1. The molecule has 0 fully saturated rings. The minimum Gasteiger partial charge on any atom is -0.380 e. The van der Waals surface area contributed by atoms with Crippen molar-refractivity contribution in [3.8, 4) is 0 Å². The number of nitrogens with two attached hydrogens (primary N) is 1. The maximum absolute atomic E-state index is 6.37. The second kappa shape index (κ2) is 3.75. The molecular formula is C13H20N2Si. The SMILES string of the molecule is CN(C)C1=CC([Si](C)(C)N)=C2C=CC=CC12. The van der Waals surface area contributed by atoms with Crippen LogP contribution in [0.3, 0.4) is 0 Å². The Hall–Kier alpha value is -1.06. The van der Waals surface area contributed by atoms with E-state index in [0.717, 1.165) is 0 Å². The molecule has 0 bridgehead atoms. The van der Waals surface area contributed by atoms with Crippen molar-refractivity contribution >= 4 is 8.24 Å². The number of fused-ring (bicyclic) bond motifs is 1. The van der Waals surface area contributed by atoms with Gasteiger partial charge in [0, 0.05) is 25.7 Å². The third-order valence-electron chi connectivity index (χ3n) is 3.16. The van der Waals surface area contributed by atoms with Gasteiger partial charge in [0.1, 0.15) is 8.24 Å². The molecule has 0 radical (unpaired) electrons. The smallest absolute Gasteiger partial charge is 0.149 e. The van der Waals surface area contributed by atoms with E-state index in [9.17, 15) is 0 Å². The Balaban J connectivity index is 2.49. The summed E-state index contributed by atoms with van der Waals surface area (Å²) in [4.78, 5) is 2.20. The summed E-state index contributed by atoms with van der Waals surface area (Å²) in [5.41, 5.74) is 2.77. The molecule has 0 aliphatic heterocycles. The van der Waals surface area contributed by atoms with Crippen LogP contribution in [0.4, 0.5) is 0 Å². The van der Waals surface area contributed by atoms with Crippen LogP contribution in [-0.2, 0) is 0 Å². The molecule has 0 saturated heterocycles. The third kappa shape index (κ3) is 1.81. The lowest BCUT2D eigenvalue weighted by Gasteiger charge is -2.23. The Bertz CT molecular complexity index is 420. The molecule has 2 aliphatic rings. The van der Waals surface area contributed by atoms with Gasteiger partial charge in [-0.05, 0) is 16.8 Å². The molecule has 16 heavy (non-hydrogen) atoms. The monoisotopic (exact) mass is 232 g/mol. The predicted octanol–water partition coefficient (Wildman–Crippen LogP) is 2.19. The van der Waals surface area contributed by atoms with E-state index >= 15 is 0 Å². The van der Waals surface area contributed by atoms with Crippen molar-refractivity contribution in [1.82, 2.24) is 4.90 Å². The highest BCUT2D eigenvalue weighted by atomic mass is 28.3. The molecule has 1 atom stereocenters. The molecule has 2 rings (SSSR count). The molecular weight excluding hydrogens is 212 g/mol. The molecule has 2 N–H and O–H groups in total. The average molecular weight is 232 g/mol. The van der Waals surface area contributed by atoms with Crippen molar-refractivity contribution in [2.45, 2.75) is 13.1 Å². The zero-order valence-corrected chi connectivity index (χ0v) is 11.5. The Morgan fingerprint density at radius 3 is 2.50 bits per heavy atom. The fraction of sp³-hybridized carbons (Fsp3) is 0.385. The zero-order valence-electron chi connectivity index (χ0n) is 10.5. The second-order valence-electron chi connectivity index (χ2n) is 5.28. The lowest BCUT2D eigenvalue weighted by molar-refractivity contribution is 0.476. The lowest BCUT2D eigenvalue weighted by Crippen LogP contribution is -2.40. The highest BCUT2D eigenvalue weighted by molar-refractivity contribution is 6.82. The van der Waals surface area contributed by atoms with Crippen LogP contribution in [-0.4, -0.2) is 27.2 Å². The van der Waals surface area contributed by atoms with Gasteiger partial charge in [-0.2, -0.15) is 0 Å². The Morgan fingerprint density at radius 1 is 1.25 bits per heavy atom. The molecule has 2 aliphatic carbocycles. The number of hydrogen-bond acceptors (Lipinski definition) is 2. The summed E-state index contributed by atoms with van der Waals surface area (Å²) in [6.07, 6.45) is 11.0. The quantitative estimate of drug-likeness (QED) is 0.740. The Kier molecular flexibility index (Phi) is 2.68. The largest absolute Gasteiger partial charge is 0.380 e. The van der Waals surface area contributed by atoms with Gasteiger partial charge in [-0.1, -0.05) is 37.4 Å². The molecule has 0 saturated carbocycles. The molecule has 3 heteroatoms. The van der Waals surface area contributed by atoms with E-state index in [1.807, 2.05) is 0 Å². The van der Waals surface area contributed by atoms with Crippen molar-refractivity contribution in [1.29, 1.82) is 0 Å². The van der Waals surface area contributed by atoms with E-state index in [0.29, 0.717) is 5.92 Å². The van der Waals surface area contributed by atoms with Gasteiger partial charge in [0.15, 0.2) is 0 Å². The van der Waals surface area contributed by atoms with Gasteiger partial charge in [0.2, 0.25) is 0 Å². The summed E-state index contributed by atoms with van der Waals surface area (Å²) in [7, 11) is 2.47. The van der Waals surface area contributed by atoms with Crippen LogP contribution in [0.1, 0.15) is 0 Å². The van der Waals surface area contributed by atoms with E-state index < -0.39 is 8.24 Å². The van der Waals surface area contributed by atoms with Crippen LogP contribution in [0.5, 0.6) is 0 Å². The van der Waals surface area contributed by atoms with E-state index in [1.54, 1.807) is 0 Å². The minimum absolute atomic E-state index is 0.422. The van der Waals surface area contributed by atoms with Crippen LogP contribution in [0, 0.1) is 5.92 Å². The maximum atomic E-state index is 6.37. The molecule has 0 aromatic heterocycles. The van der Waals surface area contributed by atoms with E-state index in [-0.39, 0.29) is 0 Å². The van der Waals surface area contributed by atoms with E-state index in [1.165, 1.54) is 16.5 Å². The van der Waals surface area contributed by atoms with Crippen molar-refractivity contribution in [2.24, 2.45) is 11.3 Å². The second-order valence-corrected chi connectivity index (χ2v) is 9.26.